The highest BCUT2D eigenvalue weighted by Crippen LogP contribution is 2.16. The van der Waals surface area contributed by atoms with Crippen LogP contribution in [-0.2, 0) is 0 Å². The lowest BCUT2D eigenvalue weighted by molar-refractivity contribution is 0.426. The number of nitrogens with one attached hydrogen (secondary N) is 1. The van der Waals surface area contributed by atoms with Crippen LogP contribution in [-0.4, -0.2) is 35.6 Å². The molecular weight excluding hydrogens is 212 g/mol. The van der Waals surface area contributed by atoms with Gasteiger partial charge in [0.1, 0.15) is 0 Å². The number of anilines is 1. The Balaban J connectivity index is 2.12. The van der Waals surface area contributed by atoms with Crippen molar-refractivity contribution in [3.8, 4) is 0 Å². The number of piperidine rings is 1. The lowest BCUT2D eigenvalue weighted by Crippen LogP contribution is -2.47. The molecule has 4 heteroatoms. The molecule has 1 aliphatic heterocycles. The van der Waals surface area contributed by atoms with E-state index in [1.807, 2.05) is 19.3 Å². The number of aromatic nitrogens is 2. The van der Waals surface area contributed by atoms with E-state index < -0.39 is 0 Å². The van der Waals surface area contributed by atoms with Crippen LogP contribution < -0.4 is 10.2 Å². The van der Waals surface area contributed by atoms with Crippen LogP contribution in [0, 0.1) is 6.92 Å². The SMILES string of the molecule is CCCN(c1ncc(C)cn1)C1CCCNC1. The summed E-state index contributed by atoms with van der Waals surface area (Å²) in [5.41, 5.74) is 1.12. The van der Waals surface area contributed by atoms with Gasteiger partial charge in [0.05, 0.1) is 0 Å². The molecule has 2 rings (SSSR count). The summed E-state index contributed by atoms with van der Waals surface area (Å²) >= 11 is 0. The third-order valence-corrected chi connectivity index (χ3v) is 3.20. The lowest BCUT2D eigenvalue weighted by atomic mass is 10.1. The highest BCUT2D eigenvalue weighted by molar-refractivity contribution is 5.32. The zero-order valence-electron chi connectivity index (χ0n) is 10.8. The second kappa shape index (κ2) is 5.96. The first-order chi connectivity index (χ1) is 8.31. The second-order valence-corrected chi connectivity index (χ2v) is 4.75. The van der Waals surface area contributed by atoms with Gasteiger partial charge in [-0.05, 0) is 38.3 Å². The molecule has 4 nitrogen and oxygen atoms in total. The Hall–Kier alpha value is -1.16. The highest BCUT2D eigenvalue weighted by atomic mass is 15.3. The van der Waals surface area contributed by atoms with Crippen molar-refractivity contribution >= 4 is 5.95 Å². The number of rotatable bonds is 4. The Bertz CT molecular complexity index is 330. The molecule has 2 heterocycles. The quantitative estimate of drug-likeness (QED) is 0.862. The molecule has 17 heavy (non-hydrogen) atoms. The highest BCUT2D eigenvalue weighted by Gasteiger charge is 2.22. The monoisotopic (exact) mass is 234 g/mol. The summed E-state index contributed by atoms with van der Waals surface area (Å²) in [5.74, 6) is 0.881. The topological polar surface area (TPSA) is 41.1 Å². The van der Waals surface area contributed by atoms with E-state index in [1.165, 1.54) is 12.8 Å². The van der Waals surface area contributed by atoms with Gasteiger partial charge in [-0.25, -0.2) is 9.97 Å². The third kappa shape index (κ3) is 3.16. The maximum Gasteiger partial charge on any atom is 0.225 e. The van der Waals surface area contributed by atoms with Gasteiger partial charge in [0.25, 0.3) is 0 Å². The van der Waals surface area contributed by atoms with Crippen molar-refractivity contribution in [1.82, 2.24) is 15.3 Å². The van der Waals surface area contributed by atoms with Crippen LogP contribution in [0.5, 0.6) is 0 Å². The molecule has 0 amide bonds. The molecule has 94 valence electrons. The largest absolute Gasteiger partial charge is 0.337 e. The van der Waals surface area contributed by atoms with Crippen LogP contribution in [0.4, 0.5) is 5.95 Å². The van der Waals surface area contributed by atoms with E-state index in [4.69, 9.17) is 0 Å². The van der Waals surface area contributed by atoms with Gasteiger partial charge in [0.2, 0.25) is 5.95 Å². The van der Waals surface area contributed by atoms with Crippen LogP contribution in [0.3, 0.4) is 0 Å². The lowest BCUT2D eigenvalue weighted by Gasteiger charge is -2.34. The number of nitrogens with zero attached hydrogens (tertiary/aromatic N) is 3. The molecule has 0 saturated carbocycles. The Kier molecular flexibility index (Phi) is 4.31. The van der Waals surface area contributed by atoms with E-state index in [0.717, 1.165) is 37.6 Å². The zero-order valence-corrected chi connectivity index (χ0v) is 10.8. The van der Waals surface area contributed by atoms with Crippen LogP contribution in [0.15, 0.2) is 12.4 Å². The van der Waals surface area contributed by atoms with E-state index in [1.54, 1.807) is 0 Å². The number of hydrogen-bond acceptors (Lipinski definition) is 4. The molecule has 1 aromatic heterocycles. The molecule has 0 bridgehead atoms. The Morgan fingerprint density at radius 3 is 2.76 bits per heavy atom. The summed E-state index contributed by atoms with van der Waals surface area (Å²) in [6, 6.07) is 0.548. The van der Waals surface area contributed by atoms with E-state index >= 15 is 0 Å². The summed E-state index contributed by atoms with van der Waals surface area (Å²) in [4.78, 5) is 11.3. The fourth-order valence-corrected chi connectivity index (χ4v) is 2.32. The smallest absolute Gasteiger partial charge is 0.225 e. The van der Waals surface area contributed by atoms with Crippen molar-refractivity contribution in [2.75, 3.05) is 24.5 Å². The van der Waals surface area contributed by atoms with Crippen molar-refractivity contribution in [2.45, 2.75) is 39.2 Å². The summed E-state index contributed by atoms with van der Waals surface area (Å²) in [7, 11) is 0. The predicted molar refractivity (Wildman–Crippen MR) is 70.3 cm³/mol. The summed E-state index contributed by atoms with van der Waals surface area (Å²) in [6.07, 6.45) is 7.43. The summed E-state index contributed by atoms with van der Waals surface area (Å²) in [6.45, 7) is 7.46. The molecule has 1 atom stereocenters. The van der Waals surface area contributed by atoms with Gasteiger partial charge in [-0.15, -0.1) is 0 Å². The van der Waals surface area contributed by atoms with E-state index in [-0.39, 0.29) is 0 Å². The molecule has 0 spiro atoms. The number of aryl methyl sites for hydroxylation is 1. The molecule has 0 aliphatic carbocycles. The van der Waals surface area contributed by atoms with Crippen molar-refractivity contribution in [3.63, 3.8) is 0 Å². The van der Waals surface area contributed by atoms with Gasteiger partial charge in [-0.3, -0.25) is 0 Å². The molecule has 1 saturated heterocycles. The average molecular weight is 234 g/mol. The third-order valence-electron chi connectivity index (χ3n) is 3.20. The minimum absolute atomic E-state index is 0.548. The maximum atomic E-state index is 4.46. The fraction of sp³-hybridized carbons (Fsp3) is 0.692. The minimum atomic E-state index is 0.548. The normalized spacial score (nSPS) is 20.2. The molecule has 0 aromatic carbocycles. The Morgan fingerprint density at radius 1 is 1.41 bits per heavy atom. The standard InChI is InChI=1S/C13H22N4/c1-3-7-17(12-5-4-6-14-10-12)13-15-8-11(2)9-16-13/h8-9,12,14H,3-7,10H2,1-2H3. The van der Waals surface area contributed by atoms with Gasteiger partial charge in [0.15, 0.2) is 0 Å². The second-order valence-electron chi connectivity index (χ2n) is 4.75. The first-order valence-corrected chi connectivity index (χ1v) is 6.57. The minimum Gasteiger partial charge on any atom is -0.337 e. The molecule has 1 aromatic rings. The molecule has 1 N–H and O–H groups in total. The molecular formula is C13H22N4. The van der Waals surface area contributed by atoms with Gasteiger partial charge in [0, 0.05) is 31.5 Å². The predicted octanol–water partition coefficient (Wildman–Crippen LogP) is 1.75. The van der Waals surface area contributed by atoms with E-state index in [2.05, 4.69) is 27.1 Å². The molecule has 1 fully saturated rings. The molecule has 1 unspecified atom stereocenters. The van der Waals surface area contributed by atoms with Crippen molar-refractivity contribution < 1.29 is 0 Å². The number of hydrogen-bond donors (Lipinski definition) is 1. The zero-order chi connectivity index (χ0) is 12.1. The summed E-state index contributed by atoms with van der Waals surface area (Å²) < 4.78 is 0. The van der Waals surface area contributed by atoms with Crippen molar-refractivity contribution in [3.05, 3.63) is 18.0 Å². The van der Waals surface area contributed by atoms with Crippen molar-refractivity contribution in [1.29, 1.82) is 0 Å². The van der Waals surface area contributed by atoms with Crippen LogP contribution in [0.1, 0.15) is 31.7 Å². The van der Waals surface area contributed by atoms with Gasteiger partial charge in [-0.2, -0.15) is 0 Å². The summed E-state index contributed by atoms with van der Waals surface area (Å²) in [5, 5.41) is 3.46. The van der Waals surface area contributed by atoms with E-state index in [9.17, 15) is 0 Å². The van der Waals surface area contributed by atoms with Crippen LogP contribution in [0.25, 0.3) is 0 Å². The Morgan fingerprint density at radius 2 is 2.18 bits per heavy atom. The van der Waals surface area contributed by atoms with Gasteiger partial charge in [-0.1, -0.05) is 6.92 Å². The van der Waals surface area contributed by atoms with Crippen LogP contribution in [0.2, 0.25) is 0 Å². The average Bonchev–Trinajstić information content (AvgIpc) is 2.38. The fourth-order valence-electron chi connectivity index (χ4n) is 2.32. The van der Waals surface area contributed by atoms with Crippen LogP contribution >= 0.6 is 0 Å². The van der Waals surface area contributed by atoms with Crippen molar-refractivity contribution in [2.24, 2.45) is 0 Å². The first kappa shape index (κ1) is 12.3. The first-order valence-electron chi connectivity index (χ1n) is 6.57. The van der Waals surface area contributed by atoms with Gasteiger partial charge < -0.3 is 10.2 Å². The van der Waals surface area contributed by atoms with E-state index in [0.29, 0.717) is 6.04 Å². The molecule has 0 radical (unpaired) electrons. The van der Waals surface area contributed by atoms with Gasteiger partial charge >= 0.3 is 0 Å². The maximum absolute atomic E-state index is 4.46. The molecule has 1 aliphatic rings. The Labute approximate surface area is 103 Å².